The highest BCUT2D eigenvalue weighted by Crippen LogP contribution is 2.24. The molecule has 2 heterocycles. The summed E-state index contributed by atoms with van der Waals surface area (Å²) in [6.07, 6.45) is 2.18. The van der Waals surface area contributed by atoms with E-state index in [2.05, 4.69) is 22.3 Å². The summed E-state index contributed by atoms with van der Waals surface area (Å²) in [5, 5.41) is 6.49. The molecule has 0 radical (unpaired) electrons. The van der Waals surface area contributed by atoms with Crippen LogP contribution >= 0.6 is 11.6 Å². The van der Waals surface area contributed by atoms with Gasteiger partial charge in [0.2, 0.25) is 0 Å². The Morgan fingerprint density at radius 1 is 1.19 bits per heavy atom. The third kappa shape index (κ3) is 4.93. The number of anilines is 1. The molecular formula is C23H18ClF2N3O2. The first-order valence-electron chi connectivity index (χ1n) is 9.68. The molecular weight excluding hydrogens is 424 g/mol. The smallest absolute Gasteiger partial charge is 0.275 e. The number of hydrogen-bond donors (Lipinski definition) is 1. The lowest BCUT2D eigenvalue weighted by Crippen LogP contribution is -2.22. The van der Waals surface area contributed by atoms with Crippen LogP contribution in [0.3, 0.4) is 0 Å². The van der Waals surface area contributed by atoms with Crippen molar-refractivity contribution < 1.29 is 18.3 Å². The van der Waals surface area contributed by atoms with E-state index in [0.29, 0.717) is 19.8 Å². The van der Waals surface area contributed by atoms with Gasteiger partial charge in [-0.2, -0.15) is 5.10 Å². The van der Waals surface area contributed by atoms with E-state index in [0.717, 1.165) is 24.1 Å². The number of aromatic nitrogens is 2. The zero-order chi connectivity index (χ0) is 21.8. The van der Waals surface area contributed by atoms with Crippen molar-refractivity contribution in [3.63, 3.8) is 0 Å². The van der Waals surface area contributed by atoms with Crippen molar-refractivity contribution in [3.8, 4) is 11.8 Å². The van der Waals surface area contributed by atoms with Crippen LogP contribution in [-0.2, 0) is 11.3 Å². The molecule has 31 heavy (non-hydrogen) atoms. The number of ether oxygens (including phenoxy) is 1. The van der Waals surface area contributed by atoms with Crippen LogP contribution < -0.4 is 5.32 Å². The van der Waals surface area contributed by atoms with Gasteiger partial charge in [0.1, 0.15) is 11.4 Å². The van der Waals surface area contributed by atoms with Gasteiger partial charge in [-0.25, -0.2) is 8.78 Å². The summed E-state index contributed by atoms with van der Waals surface area (Å²) >= 11 is 6.11. The molecule has 4 rings (SSSR count). The van der Waals surface area contributed by atoms with E-state index < -0.39 is 23.2 Å². The van der Waals surface area contributed by atoms with E-state index in [1.54, 1.807) is 12.1 Å². The maximum Gasteiger partial charge on any atom is 0.275 e. The second-order valence-corrected chi connectivity index (χ2v) is 7.55. The number of halogens is 3. The lowest BCUT2D eigenvalue weighted by Gasteiger charge is -2.13. The van der Waals surface area contributed by atoms with Crippen molar-refractivity contribution in [1.29, 1.82) is 0 Å². The number of rotatable bonds is 4. The molecule has 0 saturated carbocycles. The molecule has 0 bridgehead atoms. The van der Waals surface area contributed by atoms with Crippen molar-refractivity contribution in [2.24, 2.45) is 5.92 Å². The fraction of sp³-hybridized carbons (Fsp3) is 0.217. The van der Waals surface area contributed by atoms with Crippen molar-refractivity contribution >= 4 is 23.2 Å². The molecule has 2 aromatic carbocycles. The van der Waals surface area contributed by atoms with Crippen molar-refractivity contribution in [2.75, 3.05) is 18.5 Å². The predicted molar refractivity (Wildman–Crippen MR) is 113 cm³/mol. The molecule has 0 aliphatic carbocycles. The van der Waals surface area contributed by atoms with Gasteiger partial charge >= 0.3 is 0 Å². The molecule has 5 nitrogen and oxygen atoms in total. The second-order valence-electron chi connectivity index (χ2n) is 7.14. The van der Waals surface area contributed by atoms with E-state index in [4.69, 9.17) is 16.3 Å². The van der Waals surface area contributed by atoms with Gasteiger partial charge in [0.15, 0.2) is 11.6 Å². The number of amides is 1. The topological polar surface area (TPSA) is 56.2 Å². The Morgan fingerprint density at radius 2 is 1.90 bits per heavy atom. The molecule has 1 N–H and O–H groups in total. The van der Waals surface area contributed by atoms with Crippen molar-refractivity contribution in [2.45, 2.75) is 13.0 Å². The van der Waals surface area contributed by atoms with Crippen LogP contribution in [0.25, 0.3) is 0 Å². The highest BCUT2D eigenvalue weighted by Gasteiger charge is 2.24. The number of nitrogens with one attached hydrogen (secondary N) is 1. The van der Waals surface area contributed by atoms with Crippen molar-refractivity contribution in [3.05, 3.63) is 82.1 Å². The van der Waals surface area contributed by atoms with Gasteiger partial charge < -0.3 is 10.1 Å². The standard InChI is InChI=1S/C23H18ClF2N3O2/c24-18-12-27-29(13-17-8-9-31-14-17)22(18)23(30)28-21-19(25)10-16(11-20(21)26)7-6-15-4-2-1-3-5-15/h1-5,10-12,17H,8-9,13-14H2,(H,28,30)/t17-/m0/s1. The van der Waals surface area contributed by atoms with Crippen LogP contribution in [0.1, 0.15) is 28.0 Å². The third-order valence-electron chi connectivity index (χ3n) is 4.87. The highest BCUT2D eigenvalue weighted by atomic mass is 35.5. The number of nitrogens with zero attached hydrogens (tertiary/aromatic N) is 2. The lowest BCUT2D eigenvalue weighted by atomic mass is 10.1. The summed E-state index contributed by atoms with van der Waals surface area (Å²) < 4.78 is 35.9. The summed E-state index contributed by atoms with van der Waals surface area (Å²) in [7, 11) is 0. The molecule has 1 amide bonds. The molecule has 1 saturated heterocycles. The minimum Gasteiger partial charge on any atom is -0.381 e. The Bertz CT molecular complexity index is 1140. The molecule has 1 fully saturated rings. The quantitative estimate of drug-likeness (QED) is 0.606. The number of hydrogen-bond acceptors (Lipinski definition) is 3. The van der Waals surface area contributed by atoms with Crippen LogP contribution in [0.4, 0.5) is 14.5 Å². The van der Waals surface area contributed by atoms with Crippen LogP contribution in [0, 0.1) is 29.4 Å². The molecule has 3 aromatic rings. The molecule has 1 aliphatic heterocycles. The zero-order valence-corrected chi connectivity index (χ0v) is 17.1. The maximum absolute atomic E-state index is 14.6. The first-order chi connectivity index (χ1) is 15.0. The fourth-order valence-corrected chi connectivity index (χ4v) is 3.53. The first-order valence-corrected chi connectivity index (χ1v) is 10.1. The first kappa shape index (κ1) is 21.0. The molecule has 1 aromatic heterocycles. The van der Waals surface area contributed by atoms with Gasteiger partial charge in [0.25, 0.3) is 5.91 Å². The molecule has 1 atom stereocenters. The Morgan fingerprint density at radius 3 is 2.58 bits per heavy atom. The Balaban J connectivity index is 1.54. The third-order valence-corrected chi connectivity index (χ3v) is 5.15. The molecule has 158 valence electrons. The second kappa shape index (κ2) is 9.29. The monoisotopic (exact) mass is 441 g/mol. The zero-order valence-electron chi connectivity index (χ0n) is 16.4. The van der Waals surface area contributed by atoms with Gasteiger partial charge in [-0.1, -0.05) is 41.6 Å². The number of carbonyl (C=O) groups excluding carboxylic acids is 1. The van der Waals surface area contributed by atoms with E-state index in [-0.39, 0.29) is 22.2 Å². The maximum atomic E-state index is 14.6. The average molecular weight is 442 g/mol. The van der Waals surface area contributed by atoms with Crippen molar-refractivity contribution in [1.82, 2.24) is 9.78 Å². The summed E-state index contributed by atoms with van der Waals surface area (Å²) in [6.45, 7) is 1.64. The largest absolute Gasteiger partial charge is 0.381 e. The minimum absolute atomic E-state index is 0.0420. The average Bonchev–Trinajstić information content (AvgIpc) is 3.40. The molecule has 1 aliphatic rings. The Labute approximate surface area is 183 Å². The van der Waals surface area contributed by atoms with E-state index >= 15 is 0 Å². The summed E-state index contributed by atoms with van der Waals surface area (Å²) in [5.74, 6) is 3.14. The Hall–Kier alpha value is -3.21. The van der Waals surface area contributed by atoms with Gasteiger partial charge in [0, 0.05) is 30.2 Å². The van der Waals surface area contributed by atoms with Gasteiger partial charge in [0.05, 0.1) is 17.8 Å². The summed E-state index contributed by atoms with van der Waals surface area (Å²) in [6, 6.07) is 11.2. The van der Waals surface area contributed by atoms with Gasteiger partial charge in [-0.05, 0) is 30.7 Å². The van der Waals surface area contributed by atoms with Crippen LogP contribution in [0.5, 0.6) is 0 Å². The van der Waals surface area contributed by atoms with Crippen LogP contribution in [0.15, 0.2) is 48.7 Å². The highest BCUT2D eigenvalue weighted by molar-refractivity contribution is 6.34. The predicted octanol–water partition coefficient (Wildman–Crippen LogP) is 4.50. The minimum atomic E-state index is -0.933. The van der Waals surface area contributed by atoms with E-state index in [1.165, 1.54) is 10.9 Å². The summed E-state index contributed by atoms with van der Waals surface area (Å²) in [5.41, 5.74) is 0.348. The lowest BCUT2D eigenvalue weighted by molar-refractivity contribution is 0.101. The number of benzene rings is 2. The fourth-order valence-electron chi connectivity index (χ4n) is 3.30. The molecule has 8 heteroatoms. The van der Waals surface area contributed by atoms with Gasteiger partial charge in [-0.3, -0.25) is 9.48 Å². The van der Waals surface area contributed by atoms with Crippen LogP contribution in [0.2, 0.25) is 5.02 Å². The van der Waals surface area contributed by atoms with E-state index in [9.17, 15) is 13.6 Å². The van der Waals surface area contributed by atoms with Crippen LogP contribution in [-0.4, -0.2) is 28.9 Å². The molecule has 0 unspecified atom stereocenters. The normalized spacial score (nSPS) is 15.4. The molecule has 0 spiro atoms. The van der Waals surface area contributed by atoms with E-state index in [1.807, 2.05) is 18.2 Å². The summed E-state index contributed by atoms with van der Waals surface area (Å²) in [4.78, 5) is 12.7. The van der Waals surface area contributed by atoms with Gasteiger partial charge in [-0.15, -0.1) is 0 Å². The SMILES string of the molecule is O=C(Nc1c(F)cc(C#Cc2ccccc2)cc1F)c1c(Cl)cnn1C[C@@H]1CCOC1. The Kier molecular flexibility index (Phi) is 6.31. The number of carbonyl (C=O) groups is 1.